The molecule has 21 heavy (non-hydrogen) atoms. The average Bonchev–Trinajstić information content (AvgIpc) is 2.37. The van der Waals surface area contributed by atoms with Crippen molar-refractivity contribution in [2.75, 3.05) is 6.61 Å². The lowest BCUT2D eigenvalue weighted by atomic mass is 9.95. The Morgan fingerprint density at radius 1 is 0.810 bits per heavy atom. The molecule has 0 aliphatic heterocycles. The summed E-state index contributed by atoms with van der Waals surface area (Å²) in [7, 11) is 0. The summed E-state index contributed by atoms with van der Waals surface area (Å²) in [4.78, 5) is 0. The van der Waals surface area contributed by atoms with Crippen molar-refractivity contribution in [2.24, 2.45) is 17.8 Å². The second-order valence-electron chi connectivity index (χ2n) is 8.23. The maximum absolute atomic E-state index is 6.14. The van der Waals surface area contributed by atoms with Crippen LogP contribution in [-0.2, 0) is 4.74 Å². The van der Waals surface area contributed by atoms with E-state index in [4.69, 9.17) is 4.74 Å². The average molecular weight is 299 g/mol. The van der Waals surface area contributed by atoms with E-state index in [0.717, 1.165) is 24.4 Å². The molecule has 1 nitrogen and oxygen atoms in total. The van der Waals surface area contributed by atoms with Gasteiger partial charge in [-0.25, -0.2) is 0 Å². The van der Waals surface area contributed by atoms with Crippen molar-refractivity contribution >= 4 is 0 Å². The first-order valence-electron chi connectivity index (χ1n) is 9.40. The van der Waals surface area contributed by atoms with Crippen LogP contribution in [0.3, 0.4) is 0 Å². The van der Waals surface area contributed by atoms with Crippen molar-refractivity contribution in [2.45, 2.75) is 105 Å². The standard InChI is InChI=1S/C20H42O/c1-8-18(4)13-10-15-20(6,7)21-16-14-19(5)12-9-11-17(2)3/h17-19H,8-16H2,1-7H3/t18?,19-/m1/s1. The molecule has 0 fully saturated rings. The van der Waals surface area contributed by atoms with E-state index in [1.807, 2.05) is 0 Å². The van der Waals surface area contributed by atoms with Crippen LogP contribution in [0.15, 0.2) is 0 Å². The van der Waals surface area contributed by atoms with Crippen molar-refractivity contribution < 1.29 is 4.74 Å². The van der Waals surface area contributed by atoms with Crippen molar-refractivity contribution in [1.82, 2.24) is 0 Å². The molecule has 0 rings (SSSR count). The quantitative estimate of drug-likeness (QED) is 0.361. The van der Waals surface area contributed by atoms with Crippen molar-refractivity contribution in [3.63, 3.8) is 0 Å². The molecule has 0 bridgehead atoms. The molecule has 0 heterocycles. The molecular formula is C20H42O. The van der Waals surface area contributed by atoms with Crippen LogP contribution in [0.2, 0.25) is 0 Å². The van der Waals surface area contributed by atoms with E-state index in [-0.39, 0.29) is 5.60 Å². The number of rotatable bonds is 13. The highest BCUT2D eigenvalue weighted by Crippen LogP contribution is 2.22. The highest BCUT2D eigenvalue weighted by atomic mass is 16.5. The zero-order valence-corrected chi connectivity index (χ0v) is 16.0. The molecule has 0 aliphatic carbocycles. The molecule has 0 radical (unpaired) electrons. The summed E-state index contributed by atoms with van der Waals surface area (Å²) in [5.74, 6) is 2.51. The summed E-state index contributed by atoms with van der Waals surface area (Å²) in [6.45, 7) is 17.1. The molecule has 128 valence electrons. The number of ether oxygens (including phenoxy) is 1. The van der Waals surface area contributed by atoms with Gasteiger partial charge in [0.05, 0.1) is 5.60 Å². The van der Waals surface area contributed by atoms with Gasteiger partial charge in [-0.1, -0.05) is 73.1 Å². The second-order valence-corrected chi connectivity index (χ2v) is 8.23. The summed E-state index contributed by atoms with van der Waals surface area (Å²) in [5, 5.41) is 0. The third-order valence-corrected chi connectivity index (χ3v) is 4.75. The van der Waals surface area contributed by atoms with Gasteiger partial charge in [-0.3, -0.25) is 0 Å². The first kappa shape index (κ1) is 21.0. The highest BCUT2D eigenvalue weighted by molar-refractivity contribution is 4.69. The minimum absolute atomic E-state index is 0.0606. The molecule has 0 saturated carbocycles. The Morgan fingerprint density at radius 2 is 1.43 bits per heavy atom. The van der Waals surface area contributed by atoms with Crippen LogP contribution >= 0.6 is 0 Å². The largest absolute Gasteiger partial charge is 0.376 e. The minimum Gasteiger partial charge on any atom is -0.376 e. The monoisotopic (exact) mass is 298 g/mol. The van der Waals surface area contributed by atoms with Gasteiger partial charge < -0.3 is 4.74 Å². The van der Waals surface area contributed by atoms with Gasteiger partial charge in [0.2, 0.25) is 0 Å². The van der Waals surface area contributed by atoms with E-state index < -0.39 is 0 Å². The molecule has 0 saturated heterocycles. The maximum Gasteiger partial charge on any atom is 0.0626 e. The van der Waals surface area contributed by atoms with Crippen LogP contribution < -0.4 is 0 Å². The minimum atomic E-state index is 0.0606. The highest BCUT2D eigenvalue weighted by Gasteiger charge is 2.18. The molecule has 2 atom stereocenters. The fourth-order valence-corrected chi connectivity index (χ4v) is 2.71. The van der Waals surface area contributed by atoms with Crippen molar-refractivity contribution in [3.05, 3.63) is 0 Å². The Bertz CT molecular complexity index is 232. The summed E-state index contributed by atoms with van der Waals surface area (Å²) in [6, 6.07) is 0. The SMILES string of the molecule is CCC(C)CCCC(C)(C)OCC[C@H](C)CCCC(C)C. The molecule has 1 unspecified atom stereocenters. The Kier molecular flexibility index (Phi) is 11.5. The lowest BCUT2D eigenvalue weighted by molar-refractivity contribution is -0.0306. The van der Waals surface area contributed by atoms with Crippen LogP contribution in [0.5, 0.6) is 0 Å². The van der Waals surface area contributed by atoms with Gasteiger partial charge >= 0.3 is 0 Å². The normalized spacial score (nSPS) is 15.4. The topological polar surface area (TPSA) is 9.23 Å². The van der Waals surface area contributed by atoms with Gasteiger partial charge in [-0.15, -0.1) is 0 Å². The summed E-state index contributed by atoms with van der Waals surface area (Å²) < 4.78 is 6.14. The summed E-state index contributed by atoms with van der Waals surface area (Å²) in [6.07, 6.45) is 10.4. The molecular weight excluding hydrogens is 256 g/mol. The van der Waals surface area contributed by atoms with Gasteiger partial charge in [0.25, 0.3) is 0 Å². The van der Waals surface area contributed by atoms with Gasteiger partial charge in [-0.2, -0.15) is 0 Å². The molecule has 0 N–H and O–H groups in total. The van der Waals surface area contributed by atoms with Crippen LogP contribution in [0.25, 0.3) is 0 Å². The lowest BCUT2D eigenvalue weighted by Gasteiger charge is -2.26. The van der Waals surface area contributed by atoms with Crippen LogP contribution in [0.4, 0.5) is 0 Å². The number of hydrogen-bond acceptors (Lipinski definition) is 1. The van der Waals surface area contributed by atoms with Crippen LogP contribution in [0, 0.1) is 17.8 Å². The first-order valence-corrected chi connectivity index (χ1v) is 9.40. The smallest absolute Gasteiger partial charge is 0.0626 e. The van der Waals surface area contributed by atoms with E-state index in [2.05, 4.69) is 48.5 Å². The van der Waals surface area contributed by atoms with E-state index in [9.17, 15) is 0 Å². The van der Waals surface area contributed by atoms with E-state index in [1.54, 1.807) is 0 Å². The predicted molar refractivity (Wildman–Crippen MR) is 95.8 cm³/mol. The molecule has 0 aromatic rings. The predicted octanol–water partition coefficient (Wildman–Crippen LogP) is 6.85. The fraction of sp³-hybridized carbons (Fsp3) is 1.00. The van der Waals surface area contributed by atoms with Gasteiger partial charge in [-0.05, 0) is 44.4 Å². The van der Waals surface area contributed by atoms with E-state index >= 15 is 0 Å². The Morgan fingerprint density at radius 3 is 2.00 bits per heavy atom. The zero-order chi connectivity index (χ0) is 16.3. The molecule has 1 heteroatoms. The molecule has 0 aromatic heterocycles. The third kappa shape index (κ3) is 13.4. The summed E-state index contributed by atoms with van der Waals surface area (Å²) in [5.41, 5.74) is 0.0606. The van der Waals surface area contributed by atoms with E-state index in [1.165, 1.54) is 51.4 Å². The third-order valence-electron chi connectivity index (χ3n) is 4.75. The Hall–Kier alpha value is -0.0400. The molecule has 0 amide bonds. The van der Waals surface area contributed by atoms with Crippen LogP contribution in [0.1, 0.15) is 99.8 Å². The van der Waals surface area contributed by atoms with Gasteiger partial charge in [0.15, 0.2) is 0 Å². The Balaban J connectivity index is 3.67. The second kappa shape index (κ2) is 11.5. The molecule has 0 spiro atoms. The Labute approximate surface area is 135 Å². The van der Waals surface area contributed by atoms with Gasteiger partial charge in [0, 0.05) is 6.61 Å². The van der Waals surface area contributed by atoms with Gasteiger partial charge in [0.1, 0.15) is 0 Å². The first-order chi connectivity index (χ1) is 9.76. The van der Waals surface area contributed by atoms with Crippen molar-refractivity contribution in [3.8, 4) is 0 Å². The molecule has 0 aliphatic rings. The maximum atomic E-state index is 6.14. The van der Waals surface area contributed by atoms with E-state index in [0.29, 0.717) is 0 Å². The number of hydrogen-bond donors (Lipinski definition) is 0. The fourth-order valence-electron chi connectivity index (χ4n) is 2.71. The molecule has 0 aromatic carbocycles. The van der Waals surface area contributed by atoms with Crippen molar-refractivity contribution in [1.29, 1.82) is 0 Å². The lowest BCUT2D eigenvalue weighted by Crippen LogP contribution is -2.25. The zero-order valence-electron chi connectivity index (χ0n) is 16.0. The van der Waals surface area contributed by atoms with Crippen LogP contribution in [-0.4, -0.2) is 12.2 Å². The summed E-state index contributed by atoms with van der Waals surface area (Å²) >= 11 is 0.